The van der Waals surface area contributed by atoms with Gasteiger partial charge in [-0.2, -0.15) is 0 Å². The number of hydrogen-bond acceptors (Lipinski definition) is 2. The zero-order valence-corrected chi connectivity index (χ0v) is 11.3. The van der Waals surface area contributed by atoms with Gasteiger partial charge in [-0.3, -0.25) is 4.98 Å². The molecule has 1 heterocycles. The Morgan fingerprint density at radius 2 is 1.88 bits per heavy atom. The maximum absolute atomic E-state index is 4.36. The normalized spacial score (nSPS) is 12.6. The molecular formula is C15H26N2. The molecule has 1 atom stereocenters. The van der Waals surface area contributed by atoms with Crippen molar-refractivity contribution in [2.45, 2.75) is 58.4 Å². The van der Waals surface area contributed by atoms with Crippen molar-refractivity contribution in [2.24, 2.45) is 0 Å². The van der Waals surface area contributed by atoms with E-state index in [1.807, 2.05) is 18.3 Å². The average Bonchev–Trinajstić information content (AvgIpc) is 2.38. The summed E-state index contributed by atoms with van der Waals surface area (Å²) in [5.74, 6) is 0. The molecule has 0 fully saturated rings. The molecule has 0 aliphatic carbocycles. The highest BCUT2D eigenvalue weighted by Crippen LogP contribution is 2.09. The fourth-order valence-electron chi connectivity index (χ4n) is 1.96. The number of nitrogens with one attached hydrogen (secondary N) is 1. The van der Waals surface area contributed by atoms with Gasteiger partial charge >= 0.3 is 0 Å². The topological polar surface area (TPSA) is 24.9 Å². The molecule has 96 valence electrons. The predicted octanol–water partition coefficient (Wildman–Crippen LogP) is 4.09. The summed E-state index contributed by atoms with van der Waals surface area (Å²) in [4.78, 5) is 4.36. The summed E-state index contributed by atoms with van der Waals surface area (Å²) in [5, 5.41) is 3.53. The van der Waals surface area contributed by atoms with Crippen LogP contribution in [0.25, 0.3) is 0 Å². The van der Waals surface area contributed by atoms with Crippen LogP contribution in [0.15, 0.2) is 24.4 Å². The lowest BCUT2D eigenvalue weighted by Gasteiger charge is -2.12. The minimum absolute atomic E-state index is 0.367. The van der Waals surface area contributed by atoms with E-state index in [-0.39, 0.29) is 0 Å². The highest BCUT2D eigenvalue weighted by Gasteiger charge is 2.03. The van der Waals surface area contributed by atoms with E-state index in [0.29, 0.717) is 6.04 Å². The zero-order chi connectivity index (χ0) is 12.3. The van der Waals surface area contributed by atoms with E-state index < -0.39 is 0 Å². The van der Waals surface area contributed by atoms with Crippen LogP contribution in [0, 0.1) is 0 Å². The molecule has 2 nitrogen and oxygen atoms in total. The lowest BCUT2D eigenvalue weighted by molar-refractivity contribution is 0.520. The predicted molar refractivity (Wildman–Crippen MR) is 74.0 cm³/mol. The molecule has 0 aliphatic heterocycles. The monoisotopic (exact) mass is 234 g/mol. The molecule has 0 aliphatic rings. The molecular weight excluding hydrogens is 208 g/mol. The first-order valence-electron chi connectivity index (χ1n) is 6.99. The van der Waals surface area contributed by atoms with E-state index in [1.54, 1.807) is 0 Å². The van der Waals surface area contributed by atoms with Crippen LogP contribution in [-0.4, -0.2) is 11.5 Å². The molecule has 0 saturated carbocycles. The van der Waals surface area contributed by atoms with E-state index in [1.165, 1.54) is 38.5 Å². The Hall–Kier alpha value is -0.890. The lowest BCUT2D eigenvalue weighted by Crippen LogP contribution is -2.20. The van der Waals surface area contributed by atoms with Crippen LogP contribution in [0.2, 0.25) is 0 Å². The van der Waals surface area contributed by atoms with Crippen LogP contribution in [-0.2, 0) is 0 Å². The summed E-state index contributed by atoms with van der Waals surface area (Å²) < 4.78 is 0. The molecule has 1 rings (SSSR count). The van der Waals surface area contributed by atoms with Gasteiger partial charge in [-0.1, -0.05) is 45.1 Å². The Morgan fingerprint density at radius 3 is 2.59 bits per heavy atom. The highest BCUT2D eigenvalue weighted by atomic mass is 14.9. The number of aromatic nitrogens is 1. The van der Waals surface area contributed by atoms with Crippen molar-refractivity contribution in [3.63, 3.8) is 0 Å². The molecule has 2 heteroatoms. The third kappa shape index (κ3) is 6.42. The fraction of sp³-hybridized carbons (Fsp3) is 0.667. The van der Waals surface area contributed by atoms with Crippen LogP contribution >= 0.6 is 0 Å². The third-order valence-corrected chi connectivity index (χ3v) is 3.11. The fourth-order valence-corrected chi connectivity index (χ4v) is 1.96. The Morgan fingerprint density at radius 1 is 1.12 bits per heavy atom. The molecule has 1 N–H and O–H groups in total. The van der Waals surface area contributed by atoms with Crippen molar-refractivity contribution in [1.29, 1.82) is 0 Å². The van der Waals surface area contributed by atoms with Gasteiger partial charge in [-0.15, -0.1) is 0 Å². The number of pyridine rings is 1. The van der Waals surface area contributed by atoms with Crippen molar-refractivity contribution >= 4 is 0 Å². The molecule has 0 saturated heterocycles. The van der Waals surface area contributed by atoms with Crippen molar-refractivity contribution in [3.05, 3.63) is 30.1 Å². The van der Waals surface area contributed by atoms with Gasteiger partial charge in [0.05, 0.1) is 5.69 Å². The van der Waals surface area contributed by atoms with Crippen LogP contribution in [0.5, 0.6) is 0 Å². The van der Waals surface area contributed by atoms with E-state index in [9.17, 15) is 0 Å². The van der Waals surface area contributed by atoms with Gasteiger partial charge in [0.25, 0.3) is 0 Å². The first-order valence-corrected chi connectivity index (χ1v) is 6.99. The SMILES string of the molecule is CCCCCCCCNC(C)c1ccccn1. The van der Waals surface area contributed by atoms with Gasteiger partial charge in [0, 0.05) is 12.2 Å². The molecule has 0 spiro atoms. The second-order valence-corrected chi connectivity index (χ2v) is 4.70. The second kappa shape index (κ2) is 9.17. The zero-order valence-electron chi connectivity index (χ0n) is 11.3. The molecule has 0 amide bonds. The van der Waals surface area contributed by atoms with Crippen molar-refractivity contribution in [1.82, 2.24) is 10.3 Å². The summed E-state index contributed by atoms with van der Waals surface area (Å²) in [6.45, 7) is 5.54. The first kappa shape index (κ1) is 14.2. The largest absolute Gasteiger partial charge is 0.309 e. The summed E-state index contributed by atoms with van der Waals surface area (Å²) in [6.07, 6.45) is 9.98. The van der Waals surface area contributed by atoms with Crippen LogP contribution in [0.4, 0.5) is 0 Å². The van der Waals surface area contributed by atoms with Crippen molar-refractivity contribution < 1.29 is 0 Å². The first-order chi connectivity index (χ1) is 8.34. The van der Waals surface area contributed by atoms with E-state index in [4.69, 9.17) is 0 Å². The number of nitrogens with zero attached hydrogens (tertiary/aromatic N) is 1. The average molecular weight is 234 g/mol. The molecule has 0 radical (unpaired) electrons. The Bertz CT molecular complexity index is 272. The number of rotatable bonds is 9. The lowest BCUT2D eigenvalue weighted by atomic mass is 10.1. The van der Waals surface area contributed by atoms with Gasteiger partial charge in [-0.25, -0.2) is 0 Å². The van der Waals surface area contributed by atoms with Crippen LogP contribution in [0.1, 0.15) is 64.1 Å². The van der Waals surface area contributed by atoms with E-state index in [0.717, 1.165) is 12.2 Å². The molecule has 1 aromatic heterocycles. The summed E-state index contributed by atoms with van der Waals surface area (Å²) in [5.41, 5.74) is 1.14. The van der Waals surface area contributed by atoms with Gasteiger partial charge in [-0.05, 0) is 32.0 Å². The van der Waals surface area contributed by atoms with E-state index in [2.05, 4.69) is 30.2 Å². The standard InChI is InChI=1S/C15H26N2/c1-3-4-5-6-7-9-12-16-14(2)15-11-8-10-13-17-15/h8,10-11,13-14,16H,3-7,9,12H2,1-2H3. The number of hydrogen-bond donors (Lipinski definition) is 1. The Kier molecular flexibility index (Phi) is 7.65. The summed E-state index contributed by atoms with van der Waals surface area (Å²) in [7, 11) is 0. The van der Waals surface area contributed by atoms with Crippen LogP contribution < -0.4 is 5.32 Å². The second-order valence-electron chi connectivity index (χ2n) is 4.70. The van der Waals surface area contributed by atoms with Crippen molar-refractivity contribution in [2.75, 3.05) is 6.54 Å². The molecule has 0 aromatic carbocycles. The third-order valence-electron chi connectivity index (χ3n) is 3.11. The summed E-state index contributed by atoms with van der Waals surface area (Å²) in [6, 6.07) is 6.46. The van der Waals surface area contributed by atoms with Gasteiger partial charge in [0.1, 0.15) is 0 Å². The maximum Gasteiger partial charge on any atom is 0.0570 e. The Labute approximate surface area is 106 Å². The quantitative estimate of drug-likeness (QED) is 0.651. The Balaban J connectivity index is 2.03. The van der Waals surface area contributed by atoms with Gasteiger partial charge in [0.15, 0.2) is 0 Å². The van der Waals surface area contributed by atoms with Gasteiger partial charge in [0.2, 0.25) is 0 Å². The molecule has 0 bridgehead atoms. The maximum atomic E-state index is 4.36. The summed E-state index contributed by atoms with van der Waals surface area (Å²) >= 11 is 0. The van der Waals surface area contributed by atoms with Crippen LogP contribution in [0.3, 0.4) is 0 Å². The molecule has 1 unspecified atom stereocenters. The highest BCUT2D eigenvalue weighted by molar-refractivity contribution is 5.07. The van der Waals surface area contributed by atoms with Crippen molar-refractivity contribution in [3.8, 4) is 0 Å². The molecule has 1 aromatic rings. The van der Waals surface area contributed by atoms with Gasteiger partial charge < -0.3 is 5.32 Å². The minimum atomic E-state index is 0.367. The molecule has 17 heavy (non-hydrogen) atoms. The number of unbranched alkanes of at least 4 members (excludes halogenated alkanes) is 5. The minimum Gasteiger partial charge on any atom is -0.309 e. The smallest absolute Gasteiger partial charge is 0.0570 e. The van der Waals surface area contributed by atoms with E-state index >= 15 is 0 Å².